The fraction of sp³-hybridized carbons (Fsp3) is 0.500. The Morgan fingerprint density at radius 3 is 1.21 bits per heavy atom. The Kier molecular flexibility index (Phi) is 14.4. The van der Waals surface area contributed by atoms with Gasteiger partial charge in [0.05, 0.1) is 21.4 Å². The second kappa shape index (κ2) is 15.9. The summed E-state index contributed by atoms with van der Waals surface area (Å²) in [6, 6.07) is 10.9. The predicted molar refractivity (Wildman–Crippen MR) is 200 cm³/mol. The van der Waals surface area contributed by atoms with Gasteiger partial charge in [0.25, 0.3) is 0 Å². The van der Waals surface area contributed by atoms with Crippen molar-refractivity contribution in [1.29, 1.82) is 0 Å². The van der Waals surface area contributed by atoms with Crippen molar-refractivity contribution >= 4 is 116 Å². The van der Waals surface area contributed by atoms with Crippen LogP contribution in [0.4, 0.5) is 11.4 Å². The normalized spacial score (nSPS) is 12.3. The first-order valence-electron chi connectivity index (χ1n) is 13.7. The standard InChI is InChI=1S/C28H40Br2Cl2N4O2P2S2/c1-17(2)39(37,18(3)4)35(25-11-9-21(29)15-23(25)31)27(41)33-13-14-34-28(42)36(40(38,19(5)6)20(7)8)26-12-10-22(30)16-24(26)32/h9-12,15-20H,13-14H2,1-8H3,(H,33,41)(H,34,42). The van der Waals surface area contributed by atoms with Crippen molar-refractivity contribution in [3.05, 3.63) is 55.4 Å². The summed E-state index contributed by atoms with van der Waals surface area (Å²) in [4.78, 5) is 0. The molecule has 42 heavy (non-hydrogen) atoms. The molecule has 0 aromatic heterocycles. The van der Waals surface area contributed by atoms with Crippen molar-refractivity contribution in [2.75, 3.05) is 22.4 Å². The third kappa shape index (κ3) is 8.34. The number of halogens is 4. The molecule has 0 aliphatic heterocycles. The summed E-state index contributed by atoms with van der Waals surface area (Å²) in [6.45, 7) is 16.2. The van der Waals surface area contributed by atoms with Crippen LogP contribution in [0.3, 0.4) is 0 Å². The highest BCUT2D eigenvalue weighted by Crippen LogP contribution is 2.62. The number of anilines is 2. The van der Waals surface area contributed by atoms with Crippen LogP contribution in [0.2, 0.25) is 10.0 Å². The van der Waals surface area contributed by atoms with Gasteiger partial charge in [0.1, 0.15) is 0 Å². The zero-order valence-corrected chi connectivity index (χ0v) is 33.2. The van der Waals surface area contributed by atoms with Crippen molar-refractivity contribution < 1.29 is 9.13 Å². The van der Waals surface area contributed by atoms with E-state index in [1.807, 2.05) is 79.7 Å². The van der Waals surface area contributed by atoms with Crippen LogP contribution in [0, 0.1) is 0 Å². The van der Waals surface area contributed by atoms with E-state index < -0.39 is 14.6 Å². The van der Waals surface area contributed by atoms with Crippen LogP contribution < -0.4 is 20.0 Å². The molecule has 0 aliphatic rings. The first kappa shape index (κ1) is 38.0. The molecular weight excluding hydrogens is 781 g/mol. The predicted octanol–water partition coefficient (Wildman–Crippen LogP) is 10.8. The van der Waals surface area contributed by atoms with Crippen molar-refractivity contribution in [3.8, 4) is 0 Å². The van der Waals surface area contributed by atoms with E-state index in [1.54, 1.807) is 21.5 Å². The second-order valence-corrected chi connectivity index (χ2v) is 22.0. The number of thiocarbonyl (C=S) groups is 2. The Bertz CT molecular complexity index is 1270. The van der Waals surface area contributed by atoms with E-state index in [2.05, 4.69) is 42.5 Å². The topological polar surface area (TPSA) is 64.7 Å². The van der Waals surface area contributed by atoms with Crippen molar-refractivity contribution in [1.82, 2.24) is 10.6 Å². The molecule has 0 radical (unpaired) electrons. The number of hydrogen-bond donors (Lipinski definition) is 2. The molecule has 0 bridgehead atoms. The molecule has 2 aromatic rings. The molecule has 234 valence electrons. The lowest BCUT2D eigenvalue weighted by Crippen LogP contribution is -2.46. The molecule has 0 heterocycles. The first-order valence-corrected chi connectivity index (χ1v) is 20.4. The van der Waals surface area contributed by atoms with Crippen LogP contribution in [0.15, 0.2) is 45.3 Å². The summed E-state index contributed by atoms with van der Waals surface area (Å²) < 4.78 is 34.0. The Hall–Kier alpha value is -0.180. The fourth-order valence-corrected chi connectivity index (χ4v) is 13.5. The molecule has 2 aromatic carbocycles. The third-order valence-corrected chi connectivity index (χ3v) is 17.4. The van der Waals surface area contributed by atoms with E-state index in [9.17, 15) is 9.13 Å². The van der Waals surface area contributed by atoms with Crippen molar-refractivity contribution in [3.63, 3.8) is 0 Å². The van der Waals surface area contributed by atoms with Gasteiger partial charge in [-0.1, -0.05) is 110 Å². The third-order valence-electron chi connectivity index (χ3n) is 6.92. The van der Waals surface area contributed by atoms with Crippen LogP contribution >= 0.6 is 94.1 Å². The molecule has 6 nitrogen and oxygen atoms in total. The molecule has 0 amide bonds. The summed E-state index contributed by atoms with van der Waals surface area (Å²) in [5.41, 5.74) is 0.470. The van der Waals surface area contributed by atoms with Gasteiger partial charge in [0.2, 0.25) is 0 Å². The van der Waals surface area contributed by atoms with Crippen LogP contribution in [0.25, 0.3) is 0 Å². The SMILES string of the molecule is CC(C)P(=O)(C(C)C)N(C(=S)NCCNC(=S)N(c1ccc(Br)cc1Cl)P(=O)(C(C)C)C(C)C)c1ccc(Br)cc1Cl. The van der Waals surface area contributed by atoms with E-state index in [4.69, 9.17) is 47.6 Å². The van der Waals surface area contributed by atoms with Gasteiger partial charge in [-0.3, -0.25) is 18.5 Å². The molecule has 0 unspecified atom stereocenters. The van der Waals surface area contributed by atoms with Gasteiger partial charge in [0, 0.05) is 44.7 Å². The minimum atomic E-state index is -3.05. The van der Waals surface area contributed by atoms with Crippen LogP contribution in [0.1, 0.15) is 55.4 Å². The highest BCUT2D eigenvalue weighted by atomic mass is 79.9. The molecule has 0 aliphatic carbocycles. The lowest BCUT2D eigenvalue weighted by atomic mass is 10.3. The lowest BCUT2D eigenvalue weighted by molar-refractivity contribution is 0.560. The number of rotatable bonds is 11. The Morgan fingerprint density at radius 2 is 0.976 bits per heavy atom. The molecule has 0 spiro atoms. The van der Waals surface area contributed by atoms with Gasteiger partial charge in [-0.25, -0.2) is 0 Å². The summed E-state index contributed by atoms with van der Waals surface area (Å²) in [7, 11) is -6.10. The fourth-order valence-electron chi connectivity index (χ4n) is 4.75. The maximum atomic E-state index is 14.5. The summed E-state index contributed by atoms with van der Waals surface area (Å²) in [5.74, 6) is 0. The smallest absolute Gasteiger partial charge is 0.183 e. The van der Waals surface area contributed by atoms with Gasteiger partial charge < -0.3 is 10.6 Å². The molecular formula is C28H40Br2Cl2N4O2P2S2. The van der Waals surface area contributed by atoms with Crippen LogP contribution in [0.5, 0.6) is 0 Å². The quantitative estimate of drug-likeness (QED) is 0.132. The van der Waals surface area contributed by atoms with Crippen LogP contribution in [-0.4, -0.2) is 46.0 Å². The summed E-state index contributed by atoms with van der Waals surface area (Å²) in [6.07, 6.45) is 0. The molecule has 0 saturated carbocycles. The Labute approximate surface area is 289 Å². The van der Waals surface area contributed by atoms with Gasteiger partial charge in [-0.15, -0.1) is 0 Å². The van der Waals surface area contributed by atoms with Crippen LogP contribution in [-0.2, 0) is 9.13 Å². The highest BCUT2D eigenvalue weighted by molar-refractivity contribution is 9.10. The number of nitrogens with one attached hydrogen (secondary N) is 2. The maximum Gasteiger partial charge on any atom is 0.183 e. The Balaban J connectivity index is 2.35. The molecule has 2 N–H and O–H groups in total. The van der Waals surface area contributed by atoms with Crippen molar-refractivity contribution in [2.45, 2.75) is 78.0 Å². The lowest BCUT2D eigenvalue weighted by Gasteiger charge is -2.40. The average Bonchev–Trinajstić information content (AvgIpc) is 2.88. The van der Waals surface area contributed by atoms with Gasteiger partial charge in [0.15, 0.2) is 24.8 Å². The minimum absolute atomic E-state index is 0.173. The van der Waals surface area contributed by atoms with Gasteiger partial charge in [-0.05, 0) is 60.8 Å². The van der Waals surface area contributed by atoms with Gasteiger partial charge >= 0.3 is 0 Å². The Morgan fingerprint density at radius 1 is 0.690 bits per heavy atom. The van der Waals surface area contributed by atoms with Crippen molar-refractivity contribution in [2.24, 2.45) is 0 Å². The minimum Gasteiger partial charge on any atom is -0.360 e. The van der Waals surface area contributed by atoms with E-state index >= 15 is 0 Å². The average molecular weight is 821 g/mol. The maximum absolute atomic E-state index is 14.5. The summed E-state index contributed by atoms with van der Waals surface area (Å²) in [5, 5.41) is 7.99. The van der Waals surface area contributed by atoms with Gasteiger partial charge in [-0.2, -0.15) is 0 Å². The number of benzene rings is 2. The second-order valence-electron chi connectivity index (χ2n) is 11.0. The van der Waals surface area contributed by atoms with E-state index in [-0.39, 0.29) is 22.6 Å². The molecule has 0 atom stereocenters. The highest BCUT2D eigenvalue weighted by Gasteiger charge is 2.42. The van der Waals surface area contributed by atoms with E-state index in [0.29, 0.717) is 44.7 Å². The van der Waals surface area contributed by atoms with E-state index in [0.717, 1.165) is 8.95 Å². The largest absolute Gasteiger partial charge is 0.360 e. The van der Waals surface area contributed by atoms with E-state index in [1.165, 1.54) is 0 Å². The summed E-state index contributed by atoms with van der Waals surface area (Å²) >= 11 is 31.8. The zero-order valence-electron chi connectivity index (χ0n) is 25.1. The number of nitrogens with zero attached hydrogens (tertiary/aromatic N) is 2. The molecule has 2 rings (SSSR count). The first-order chi connectivity index (χ1) is 19.4. The molecule has 0 fully saturated rings. The zero-order chi connectivity index (χ0) is 32.2. The molecule has 14 heteroatoms. The number of hydrogen-bond acceptors (Lipinski definition) is 4. The molecule has 0 saturated heterocycles. The monoisotopic (exact) mass is 818 g/mol.